The summed E-state index contributed by atoms with van der Waals surface area (Å²) in [5.41, 5.74) is 0. The Morgan fingerprint density at radius 3 is 1.76 bits per heavy atom. The fourth-order valence-corrected chi connectivity index (χ4v) is 2.17. The second kappa shape index (κ2) is 17.1. The Morgan fingerprint density at radius 1 is 0.762 bits per heavy atom. The first-order valence-corrected chi connectivity index (χ1v) is 8.79. The molecular formula is C19H29ClO. The molecule has 0 amide bonds. The smallest absolute Gasteiger partial charge is 0.221 e. The zero-order valence-corrected chi connectivity index (χ0v) is 14.2. The van der Waals surface area contributed by atoms with E-state index >= 15 is 0 Å². The third-order valence-electron chi connectivity index (χ3n) is 3.32. The summed E-state index contributed by atoms with van der Waals surface area (Å²) < 4.78 is 0. The van der Waals surface area contributed by atoms with E-state index in [1.54, 1.807) is 0 Å². The van der Waals surface area contributed by atoms with E-state index in [0.29, 0.717) is 6.42 Å². The van der Waals surface area contributed by atoms with Crippen LogP contribution < -0.4 is 0 Å². The Hall–Kier alpha value is -0.920. The van der Waals surface area contributed by atoms with Gasteiger partial charge in [0.25, 0.3) is 0 Å². The van der Waals surface area contributed by atoms with Crippen molar-refractivity contribution in [2.24, 2.45) is 0 Å². The maximum absolute atomic E-state index is 10.5. The molecule has 0 rings (SSSR count). The van der Waals surface area contributed by atoms with Gasteiger partial charge in [0, 0.05) is 19.3 Å². The van der Waals surface area contributed by atoms with Crippen molar-refractivity contribution in [3.05, 3.63) is 0 Å². The molecule has 0 atom stereocenters. The number of unbranched alkanes of at least 4 members (excludes halogenated alkanes) is 10. The minimum Gasteiger partial charge on any atom is -0.281 e. The zero-order chi connectivity index (χ0) is 15.6. The molecule has 0 bridgehead atoms. The van der Waals surface area contributed by atoms with Crippen molar-refractivity contribution >= 4 is 16.8 Å². The van der Waals surface area contributed by atoms with Crippen molar-refractivity contribution in [2.75, 3.05) is 0 Å². The molecule has 118 valence electrons. The van der Waals surface area contributed by atoms with Gasteiger partial charge in [-0.3, -0.25) is 4.79 Å². The number of hydrogen-bond donors (Lipinski definition) is 0. The first kappa shape index (κ1) is 20.1. The van der Waals surface area contributed by atoms with Crippen molar-refractivity contribution in [1.82, 2.24) is 0 Å². The van der Waals surface area contributed by atoms with Crippen molar-refractivity contribution in [3.8, 4) is 23.7 Å². The molecular weight excluding hydrogens is 280 g/mol. The third-order valence-corrected chi connectivity index (χ3v) is 3.51. The van der Waals surface area contributed by atoms with Crippen LogP contribution in [0.15, 0.2) is 0 Å². The lowest BCUT2D eigenvalue weighted by molar-refractivity contribution is -0.111. The van der Waals surface area contributed by atoms with Crippen LogP contribution >= 0.6 is 11.6 Å². The topological polar surface area (TPSA) is 17.1 Å². The van der Waals surface area contributed by atoms with E-state index in [0.717, 1.165) is 38.5 Å². The number of rotatable bonds is 12. The summed E-state index contributed by atoms with van der Waals surface area (Å²) in [6.45, 7) is 2.23. The fraction of sp³-hybridized carbons (Fsp3) is 0.737. The van der Waals surface area contributed by atoms with E-state index in [2.05, 4.69) is 30.6 Å². The maximum atomic E-state index is 10.5. The average Bonchev–Trinajstić information content (AvgIpc) is 2.46. The lowest BCUT2D eigenvalue weighted by Crippen LogP contribution is -1.86. The fourth-order valence-electron chi connectivity index (χ4n) is 2.04. The Morgan fingerprint density at radius 2 is 1.24 bits per heavy atom. The highest BCUT2D eigenvalue weighted by Gasteiger charge is 1.95. The summed E-state index contributed by atoms with van der Waals surface area (Å²) in [6, 6.07) is 0. The summed E-state index contributed by atoms with van der Waals surface area (Å²) in [4.78, 5) is 10.5. The molecule has 0 aromatic heterocycles. The van der Waals surface area contributed by atoms with Crippen LogP contribution in [0.1, 0.15) is 90.4 Å². The monoisotopic (exact) mass is 308 g/mol. The first-order valence-electron chi connectivity index (χ1n) is 8.41. The Bertz CT molecular complexity index is 364. The van der Waals surface area contributed by atoms with Gasteiger partial charge in [-0.1, -0.05) is 63.7 Å². The average molecular weight is 309 g/mol. The van der Waals surface area contributed by atoms with E-state index in [4.69, 9.17) is 11.6 Å². The Labute approximate surface area is 136 Å². The Balaban J connectivity index is 3.28. The van der Waals surface area contributed by atoms with Crippen molar-refractivity contribution in [3.63, 3.8) is 0 Å². The van der Waals surface area contributed by atoms with Crippen LogP contribution in [0, 0.1) is 23.7 Å². The molecule has 0 aliphatic heterocycles. The van der Waals surface area contributed by atoms with E-state index in [1.807, 2.05) is 0 Å². The molecule has 2 heteroatoms. The van der Waals surface area contributed by atoms with Gasteiger partial charge in [0.15, 0.2) is 0 Å². The highest BCUT2D eigenvalue weighted by molar-refractivity contribution is 6.63. The largest absolute Gasteiger partial charge is 0.281 e. The first-order chi connectivity index (χ1) is 10.3. The highest BCUT2D eigenvalue weighted by atomic mass is 35.5. The zero-order valence-electron chi connectivity index (χ0n) is 13.5. The summed E-state index contributed by atoms with van der Waals surface area (Å²) in [7, 11) is 0. The second-order valence-electron chi connectivity index (χ2n) is 5.39. The number of halogens is 1. The molecule has 1 nitrogen and oxygen atoms in total. The molecule has 0 spiro atoms. The highest BCUT2D eigenvalue weighted by Crippen LogP contribution is 2.07. The van der Waals surface area contributed by atoms with Gasteiger partial charge in [0.1, 0.15) is 0 Å². The molecule has 0 aliphatic rings. The van der Waals surface area contributed by atoms with E-state index in [-0.39, 0.29) is 5.24 Å². The molecule has 0 aliphatic carbocycles. The van der Waals surface area contributed by atoms with Gasteiger partial charge in [0.2, 0.25) is 5.24 Å². The molecule has 0 aromatic rings. The molecule has 0 N–H and O–H groups in total. The molecule has 0 fully saturated rings. The van der Waals surface area contributed by atoms with Crippen molar-refractivity contribution < 1.29 is 4.79 Å². The van der Waals surface area contributed by atoms with E-state index in [1.165, 1.54) is 38.5 Å². The van der Waals surface area contributed by atoms with Crippen LogP contribution in [0.25, 0.3) is 0 Å². The van der Waals surface area contributed by atoms with Crippen LogP contribution in [0.5, 0.6) is 0 Å². The second-order valence-corrected chi connectivity index (χ2v) is 5.81. The van der Waals surface area contributed by atoms with Crippen LogP contribution in [-0.2, 0) is 4.79 Å². The van der Waals surface area contributed by atoms with Gasteiger partial charge < -0.3 is 0 Å². The molecule has 0 unspecified atom stereocenters. The third kappa shape index (κ3) is 19.1. The van der Waals surface area contributed by atoms with Crippen LogP contribution in [0.4, 0.5) is 0 Å². The van der Waals surface area contributed by atoms with Gasteiger partial charge in [-0.2, -0.15) is 0 Å². The SMILES string of the molecule is CCCCCCCC#CC#CCCCCCCCC(=O)Cl. The molecule has 0 aromatic carbocycles. The minimum atomic E-state index is -0.218. The predicted octanol–water partition coefficient (Wildman–Crippen LogP) is 5.85. The summed E-state index contributed by atoms with van der Waals surface area (Å²) in [5, 5.41) is -0.218. The number of hydrogen-bond acceptors (Lipinski definition) is 1. The number of carbonyl (C=O) groups excluding carboxylic acids is 1. The van der Waals surface area contributed by atoms with E-state index in [9.17, 15) is 4.79 Å². The van der Waals surface area contributed by atoms with Crippen LogP contribution in [0.2, 0.25) is 0 Å². The summed E-state index contributed by atoms with van der Waals surface area (Å²) in [5.74, 6) is 12.1. The lowest BCUT2D eigenvalue weighted by Gasteiger charge is -1.96. The maximum Gasteiger partial charge on any atom is 0.221 e. The van der Waals surface area contributed by atoms with Crippen molar-refractivity contribution in [2.45, 2.75) is 90.4 Å². The predicted molar refractivity (Wildman–Crippen MR) is 92.1 cm³/mol. The van der Waals surface area contributed by atoms with E-state index < -0.39 is 0 Å². The van der Waals surface area contributed by atoms with Crippen molar-refractivity contribution in [1.29, 1.82) is 0 Å². The van der Waals surface area contributed by atoms with Gasteiger partial charge >= 0.3 is 0 Å². The number of carbonyl (C=O) groups is 1. The molecule has 0 saturated heterocycles. The van der Waals surface area contributed by atoms with Crippen LogP contribution in [0.3, 0.4) is 0 Å². The Kier molecular flexibility index (Phi) is 16.4. The normalized spacial score (nSPS) is 9.43. The van der Waals surface area contributed by atoms with Gasteiger partial charge in [-0.15, -0.1) is 0 Å². The van der Waals surface area contributed by atoms with Gasteiger partial charge in [0.05, 0.1) is 0 Å². The minimum absolute atomic E-state index is 0.218. The van der Waals surface area contributed by atoms with Gasteiger partial charge in [-0.25, -0.2) is 0 Å². The molecule has 21 heavy (non-hydrogen) atoms. The lowest BCUT2D eigenvalue weighted by atomic mass is 10.1. The standard InChI is InChI=1S/C19H29ClO/c1-2-3-4-5-6-7-8-9-10-11-12-13-14-15-16-17-18-19(20)21/h2-7,12-18H2,1H3. The quantitative estimate of drug-likeness (QED) is 0.251. The molecule has 0 saturated carbocycles. The summed E-state index contributed by atoms with van der Waals surface area (Å²) in [6.07, 6.45) is 14.4. The van der Waals surface area contributed by atoms with Crippen LogP contribution in [-0.4, -0.2) is 5.24 Å². The molecule has 0 heterocycles. The van der Waals surface area contributed by atoms with Gasteiger partial charge in [-0.05, 0) is 42.7 Å². The molecule has 0 radical (unpaired) electrons. The summed E-state index contributed by atoms with van der Waals surface area (Å²) >= 11 is 5.27.